The Morgan fingerprint density at radius 1 is 1.40 bits per heavy atom. The zero-order chi connectivity index (χ0) is 10.8. The molecule has 84 valence electrons. The fourth-order valence-electron chi connectivity index (χ4n) is 2.03. The van der Waals surface area contributed by atoms with E-state index in [1.54, 1.807) is 0 Å². The van der Waals surface area contributed by atoms with Crippen molar-refractivity contribution < 1.29 is 0 Å². The van der Waals surface area contributed by atoms with Crippen molar-refractivity contribution in [1.29, 1.82) is 0 Å². The van der Waals surface area contributed by atoms with Crippen molar-refractivity contribution in [2.45, 2.75) is 38.3 Å². The Morgan fingerprint density at radius 3 is 2.60 bits per heavy atom. The van der Waals surface area contributed by atoms with Gasteiger partial charge in [0.15, 0.2) is 5.15 Å². The van der Waals surface area contributed by atoms with Gasteiger partial charge in [0.25, 0.3) is 0 Å². The molecule has 1 heterocycles. The lowest BCUT2D eigenvalue weighted by molar-refractivity contribution is 0.513. The summed E-state index contributed by atoms with van der Waals surface area (Å²) in [4.78, 5) is 4.01. The number of aromatic nitrogens is 2. The molecule has 1 aliphatic rings. The summed E-state index contributed by atoms with van der Waals surface area (Å²) in [5.41, 5.74) is 0.966. The van der Waals surface area contributed by atoms with E-state index in [4.69, 9.17) is 23.2 Å². The lowest BCUT2D eigenvalue weighted by atomic mass is 10.2. The lowest BCUT2D eigenvalue weighted by Gasteiger charge is -2.12. The third kappa shape index (κ3) is 2.47. The second kappa shape index (κ2) is 4.73. The van der Waals surface area contributed by atoms with Gasteiger partial charge in [-0.3, -0.25) is 0 Å². The van der Waals surface area contributed by atoms with Gasteiger partial charge in [0.1, 0.15) is 0 Å². The lowest BCUT2D eigenvalue weighted by Crippen LogP contribution is -2.26. The highest BCUT2D eigenvalue weighted by Gasteiger charge is 2.16. The second-order valence-electron chi connectivity index (χ2n) is 4.04. The first-order valence-corrected chi connectivity index (χ1v) is 6.04. The van der Waals surface area contributed by atoms with Crippen LogP contribution in [0.15, 0.2) is 0 Å². The average molecular weight is 248 g/mol. The van der Waals surface area contributed by atoms with Crippen molar-refractivity contribution in [1.82, 2.24) is 14.9 Å². The Kier molecular flexibility index (Phi) is 3.54. The third-order valence-corrected chi connectivity index (χ3v) is 3.66. The first-order valence-electron chi connectivity index (χ1n) is 5.28. The maximum absolute atomic E-state index is 5.98. The minimum Gasteiger partial charge on any atom is -0.319 e. The molecule has 1 N–H and O–H groups in total. The number of hydrogen-bond acceptors (Lipinski definition) is 2. The molecular weight excluding hydrogens is 233 g/mol. The molecule has 0 radical (unpaired) electrons. The van der Waals surface area contributed by atoms with Gasteiger partial charge in [-0.05, 0) is 24.4 Å². The highest BCUT2D eigenvalue weighted by molar-refractivity contribution is 6.32. The van der Waals surface area contributed by atoms with E-state index in [1.165, 1.54) is 25.7 Å². The zero-order valence-electron chi connectivity index (χ0n) is 8.76. The van der Waals surface area contributed by atoms with Crippen LogP contribution in [0, 0.1) is 0 Å². The molecule has 0 aliphatic heterocycles. The molecule has 0 atom stereocenters. The number of halogens is 2. The molecule has 1 aromatic heterocycles. The summed E-state index contributed by atoms with van der Waals surface area (Å²) >= 11 is 11.8. The number of rotatable bonds is 3. The third-order valence-electron chi connectivity index (χ3n) is 3.02. The van der Waals surface area contributed by atoms with Gasteiger partial charge >= 0.3 is 0 Å². The molecule has 0 amide bonds. The Balaban J connectivity index is 1.97. The van der Waals surface area contributed by atoms with Crippen LogP contribution in [0.25, 0.3) is 0 Å². The molecule has 0 saturated heterocycles. The Hall–Kier alpha value is -0.250. The van der Waals surface area contributed by atoms with Crippen molar-refractivity contribution in [2.24, 2.45) is 7.05 Å². The normalized spacial score (nSPS) is 17.5. The first kappa shape index (κ1) is 11.2. The number of nitrogens with one attached hydrogen (secondary N) is 1. The average Bonchev–Trinajstić information content (AvgIpc) is 2.76. The fraction of sp³-hybridized carbons (Fsp3) is 0.700. The summed E-state index contributed by atoms with van der Waals surface area (Å²) in [5, 5.41) is 4.44. The molecule has 5 heteroatoms. The molecule has 1 saturated carbocycles. The molecule has 1 aliphatic carbocycles. The maximum Gasteiger partial charge on any atom is 0.204 e. The van der Waals surface area contributed by atoms with Gasteiger partial charge in [0.05, 0.1) is 5.69 Å². The van der Waals surface area contributed by atoms with Crippen molar-refractivity contribution in [2.75, 3.05) is 0 Å². The molecular formula is C10H15Cl2N3. The van der Waals surface area contributed by atoms with E-state index >= 15 is 0 Å². The molecule has 1 aromatic rings. The van der Waals surface area contributed by atoms with E-state index in [0.717, 1.165) is 12.2 Å². The molecule has 0 unspecified atom stereocenters. The Morgan fingerprint density at radius 2 is 2.07 bits per heavy atom. The van der Waals surface area contributed by atoms with E-state index in [2.05, 4.69) is 10.3 Å². The summed E-state index contributed by atoms with van der Waals surface area (Å²) in [7, 11) is 1.88. The van der Waals surface area contributed by atoms with Gasteiger partial charge in [0, 0.05) is 19.6 Å². The topological polar surface area (TPSA) is 29.9 Å². The number of hydrogen-bond donors (Lipinski definition) is 1. The van der Waals surface area contributed by atoms with E-state index in [1.807, 2.05) is 11.6 Å². The highest BCUT2D eigenvalue weighted by Crippen LogP contribution is 2.21. The largest absolute Gasteiger partial charge is 0.319 e. The number of imidazole rings is 1. The van der Waals surface area contributed by atoms with Gasteiger partial charge in [-0.15, -0.1) is 0 Å². The van der Waals surface area contributed by atoms with Crippen LogP contribution < -0.4 is 5.32 Å². The SMILES string of the molecule is Cn1c(Cl)nc(Cl)c1CNC1CCCC1. The van der Waals surface area contributed by atoms with Crippen LogP contribution in [0.4, 0.5) is 0 Å². The second-order valence-corrected chi connectivity index (χ2v) is 4.74. The first-order chi connectivity index (χ1) is 7.18. The highest BCUT2D eigenvalue weighted by atomic mass is 35.5. The van der Waals surface area contributed by atoms with Crippen LogP contribution in [0.3, 0.4) is 0 Å². The molecule has 1 fully saturated rings. The van der Waals surface area contributed by atoms with Crippen molar-refractivity contribution in [3.05, 3.63) is 16.1 Å². The summed E-state index contributed by atoms with van der Waals surface area (Å²) in [6, 6.07) is 0.634. The van der Waals surface area contributed by atoms with Crippen molar-refractivity contribution in [3.8, 4) is 0 Å². The molecule has 0 bridgehead atoms. The van der Waals surface area contributed by atoms with E-state index in [9.17, 15) is 0 Å². The Bertz CT molecular complexity index is 343. The van der Waals surface area contributed by atoms with Gasteiger partial charge in [0.2, 0.25) is 5.28 Å². The molecule has 0 aromatic carbocycles. The van der Waals surface area contributed by atoms with Gasteiger partial charge in [-0.2, -0.15) is 0 Å². The summed E-state index contributed by atoms with van der Waals surface area (Å²) in [6.45, 7) is 0.750. The van der Waals surface area contributed by atoms with Crippen LogP contribution >= 0.6 is 23.2 Å². The monoisotopic (exact) mass is 247 g/mol. The number of nitrogens with zero attached hydrogens (tertiary/aromatic N) is 2. The summed E-state index contributed by atoms with van der Waals surface area (Å²) < 4.78 is 1.83. The maximum atomic E-state index is 5.98. The summed E-state index contributed by atoms with van der Waals surface area (Å²) in [6.07, 6.45) is 5.20. The predicted octanol–water partition coefficient (Wildman–Crippen LogP) is 2.76. The fourth-order valence-corrected chi connectivity index (χ4v) is 2.54. The molecule has 2 rings (SSSR count). The van der Waals surface area contributed by atoms with Gasteiger partial charge in [-0.1, -0.05) is 24.4 Å². The minimum absolute atomic E-state index is 0.447. The van der Waals surface area contributed by atoms with Crippen LogP contribution in [0.1, 0.15) is 31.4 Å². The van der Waals surface area contributed by atoms with Crippen LogP contribution in [-0.4, -0.2) is 15.6 Å². The van der Waals surface area contributed by atoms with E-state index in [-0.39, 0.29) is 0 Å². The molecule has 3 nitrogen and oxygen atoms in total. The molecule has 15 heavy (non-hydrogen) atoms. The standard InChI is InChI=1S/C10H15Cl2N3/c1-15-8(9(11)14-10(15)12)6-13-7-4-2-3-5-7/h7,13H,2-6H2,1H3. The van der Waals surface area contributed by atoms with Gasteiger partial charge in [-0.25, -0.2) is 4.98 Å². The van der Waals surface area contributed by atoms with Crippen LogP contribution in [0.5, 0.6) is 0 Å². The zero-order valence-corrected chi connectivity index (χ0v) is 10.3. The van der Waals surface area contributed by atoms with Gasteiger partial charge < -0.3 is 9.88 Å². The van der Waals surface area contributed by atoms with Crippen LogP contribution in [0.2, 0.25) is 10.4 Å². The predicted molar refractivity (Wildman–Crippen MR) is 62.3 cm³/mol. The quantitative estimate of drug-likeness (QED) is 0.891. The Labute approximate surface area is 99.8 Å². The molecule has 0 spiro atoms. The van der Waals surface area contributed by atoms with Crippen molar-refractivity contribution in [3.63, 3.8) is 0 Å². The van der Waals surface area contributed by atoms with Crippen molar-refractivity contribution >= 4 is 23.2 Å². The van der Waals surface area contributed by atoms with Crippen LogP contribution in [-0.2, 0) is 13.6 Å². The summed E-state index contributed by atoms with van der Waals surface area (Å²) in [5.74, 6) is 0. The smallest absolute Gasteiger partial charge is 0.204 e. The van der Waals surface area contributed by atoms with E-state index in [0.29, 0.717) is 16.5 Å². The minimum atomic E-state index is 0.447. The van der Waals surface area contributed by atoms with E-state index < -0.39 is 0 Å².